The van der Waals surface area contributed by atoms with Gasteiger partial charge < -0.3 is 10.2 Å². The molecule has 0 bridgehead atoms. The number of hydrogen-bond donors (Lipinski definition) is 1. The van der Waals surface area contributed by atoms with Crippen molar-refractivity contribution in [2.45, 2.75) is 0 Å². The van der Waals surface area contributed by atoms with Crippen LogP contribution in [0.2, 0.25) is 0 Å². The largest absolute Gasteiger partial charge is 0.358 e. The Morgan fingerprint density at radius 3 is 2.24 bits per heavy atom. The van der Waals surface area contributed by atoms with Crippen LogP contribution in [0.5, 0.6) is 0 Å². The lowest BCUT2D eigenvalue weighted by Gasteiger charge is -2.34. The number of rotatable bonds is 3. The van der Waals surface area contributed by atoms with Gasteiger partial charge in [-0.3, -0.25) is 14.5 Å². The van der Waals surface area contributed by atoms with E-state index in [2.05, 4.69) is 5.32 Å². The predicted octanol–water partition coefficient (Wildman–Crippen LogP) is 0.469. The van der Waals surface area contributed by atoms with Crippen LogP contribution in [-0.4, -0.2) is 61.4 Å². The van der Waals surface area contributed by atoms with Crippen LogP contribution >= 0.6 is 0 Å². The van der Waals surface area contributed by atoms with Gasteiger partial charge in [-0.15, -0.1) is 0 Å². The molecular formula is C14H17F2N3O2. The normalized spacial score (nSPS) is 15.9. The van der Waals surface area contributed by atoms with Gasteiger partial charge in [0, 0.05) is 33.2 Å². The monoisotopic (exact) mass is 297 g/mol. The van der Waals surface area contributed by atoms with Crippen molar-refractivity contribution in [2.24, 2.45) is 0 Å². The molecule has 1 aliphatic heterocycles. The lowest BCUT2D eigenvalue weighted by Crippen LogP contribution is -2.51. The number of benzene rings is 1. The molecule has 0 aromatic heterocycles. The van der Waals surface area contributed by atoms with Crippen molar-refractivity contribution in [3.63, 3.8) is 0 Å². The average molecular weight is 297 g/mol. The molecule has 0 radical (unpaired) electrons. The fourth-order valence-electron chi connectivity index (χ4n) is 2.25. The summed E-state index contributed by atoms with van der Waals surface area (Å²) in [7, 11) is 1.56. The van der Waals surface area contributed by atoms with E-state index in [1.54, 1.807) is 7.05 Å². The fraction of sp³-hybridized carbons (Fsp3) is 0.429. The molecule has 114 valence electrons. The summed E-state index contributed by atoms with van der Waals surface area (Å²) in [5.74, 6) is -2.46. The minimum atomic E-state index is -0.854. The molecule has 0 aliphatic carbocycles. The van der Waals surface area contributed by atoms with E-state index in [-0.39, 0.29) is 12.5 Å². The summed E-state index contributed by atoms with van der Waals surface area (Å²) >= 11 is 0. The number of carbonyl (C=O) groups is 2. The van der Waals surface area contributed by atoms with E-state index in [1.165, 1.54) is 11.0 Å². The molecule has 1 aliphatic rings. The van der Waals surface area contributed by atoms with Gasteiger partial charge in [-0.25, -0.2) is 8.78 Å². The molecule has 0 spiro atoms. The van der Waals surface area contributed by atoms with E-state index in [0.29, 0.717) is 26.2 Å². The fourth-order valence-corrected chi connectivity index (χ4v) is 2.25. The molecular weight excluding hydrogens is 280 g/mol. The van der Waals surface area contributed by atoms with Crippen molar-refractivity contribution in [2.75, 3.05) is 39.8 Å². The van der Waals surface area contributed by atoms with Crippen LogP contribution in [0.25, 0.3) is 0 Å². The summed E-state index contributed by atoms with van der Waals surface area (Å²) in [6.45, 7) is 1.92. The lowest BCUT2D eigenvalue weighted by molar-refractivity contribution is -0.122. The second-order valence-corrected chi connectivity index (χ2v) is 4.84. The lowest BCUT2D eigenvalue weighted by atomic mass is 10.1. The van der Waals surface area contributed by atoms with Crippen LogP contribution in [0.15, 0.2) is 18.2 Å². The Hall–Kier alpha value is -2.02. The first-order valence-electron chi connectivity index (χ1n) is 6.69. The highest BCUT2D eigenvalue weighted by molar-refractivity contribution is 5.94. The van der Waals surface area contributed by atoms with Crippen molar-refractivity contribution < 1.29 is 18.4 Å². The Bertz CT molecular complexity index is 523. The summed E-state index contributed by atoms with van der Waals surface area (Å²) in [5.41, 5.74) is -0.516. The van der Waals surface area contributed by atoms with Crippen molar-refractivity contribution >= 4 is 11.8 Å². The molecule has 2 amide bonds. The topological polar surface area (TPSA) is 52.7 Å². The van der Waals surface area contributed by atoms with E-state index in [4.69, 9.17) is 0 Å². The highest BCUT2D eigenvalue weighted by Gasteiger charge is 2.26. The first-order valence-corrected chi connectivity index (χ1v) is 6.69. The number of carbonyl (C=O) groups excluding carboxylic acids is 2. The quantitative estimate of drug-likeness (QED) is 0.882. The van der Waals surface area contributed by atoms with E-state index >= 15 is 0 Å². The molecule has 1 N–H and O–H groups in total. The smallest absolute Gasteiger partial charge is 0.259 e. The summed E-state index contributed by atoms with van der Waals surface area (Å²) in [5, 5.41) is 2.53. The molecule has 7 heteroatoms. The molecule has 1 heterocycles. The molecule has 0 unspecified atom stereocenters. The summed E-state index contributed by atoms with van der Waals surface area (Å²) in [6, 6.07) is 3.36. The maximum absolute atomic E-state index is 13.6. The minimum Gasteiger partial charge on any atom is -0.358 e. The van der Waals surface area contributed by atoms with Crippen LogP contribution < -0.4 is 5.32 Å². The Morgan fingerprint density at radius 2 is 1.71 bits per heavy atom. The maximum atomic E-state index is 13.6. The van der Waals surface area contributed by atoms with E-state index in [0.717, 1.165) is 12.1 Å². The molecule has 0 saturated carbocycles. The van der Waals surface area contributed by atoms with Gasteiger partial charge in [0.25, 0.3) is 5.91 Å². The SMILES string of the molecule is CNC(=O)CN1CCN(C(=O)c2c(F)cccc2F)CC1. The molecule has 1 aromatic carbocycles. The Labute approximate surface area is 121 Å². The third kappa shape index (κ3) is 3.55. The van der Waals surface area contributed by atoms with Crippen LogP contribution in [0, 0.1) is 11.6 Å². The van der Waals surface area contributed by atoms with Gasteiger partial charge in [0.1, 0.15) is 17.2 Å². The summed E-state index contributed by atoms with van der Waals surface area (Å²) < 4.78 is 27.2. The highest BCUT2D eigenvalue weighted by atomic mass is 19.1. The molecule has 5 nitrogen and oxygen atoms in total. The average Bonchev–Trinajstić information content (AvgIpc) is 2.47. The maximum Gasteiger partial charge on any atom is 0.259 e. The number of halogens is 2. The number of amides is 2. The molecule has 1 fully saturated rings. The molecule has 2 rings (SSSR count). The number of hydrogen-bond acceptors (Lipinski definition) is 3. The first kappa shape index (κ1) is 15.4. The van der Waals surface area contributed by atoms with Crippen molar-refractivity contribution in [3.05, 3.63) is 35.4 Å². The molecule has 1 saturated heterocycles. The van der Waals surface area contributed by atoms with Gasteiger partial charge in [-0.2, -0.15) is 0 Å². The van der Waals surface area contributed by atoms with Crippen molar-refractivity contribution in [1.29, 1.82) is 0 Å². The third-order valence-electron chi connectivity index (χ3n) is 3.48. The zero-order valence-corrected chi connectivity index (χ0v) is 11.7. The Morgan fingerprint density at radius 1 is 1.14 bits per heavy atom. The number of nitrogens with zero attached hydrogens (tertiary/aromatic N) is 2. The number of nitrogens with one attached hydrogen (secondary N) is 1. The van der Waals surface area contributed by atoms with Crippen molar-refractivity contribution in [3.8, 4) is 0 Å². The molecule has 21 heavy (non-hydrogen) atoms. The second kappa shape index (κ2) is 6.62. The zero-order valence-electron chi connectivity index (χ0n) is 11.7. The van der Waals surface area contributed by atoms with Crippen LogP contribution in [0.3, 0.4) is 0 Å². The van der Waals surface area contributed by atoms with E-state index in [9.17, 15) is 18.4 Å². The second-order valence-electron chi connectivity index (χ2n) is 4.84. The zero-order chi connectivity index (χ0) is 15.4. The molecule has 1 aromatic rings. The van der Waals surface area contributed by atoms with E-state index in [1.807, 2.05) is 4.90 Å². The first-order chi connectivity index (χ1) is 10.0. The summed E-state index contributed by atoms with van der Waals surface area (Å²) in [4.78, 5) is 26.7. The number of piperazine rings is 1. The highest BCUT2D eigenvalue weighted by Crippen LogP contribution is 2.16. The van der Waals surface area contributed by atoms with Crippen LogP contribution in [0.1, 0.15) is 10.4 Å². The van der Waals surface area contributed by atoms with Gasteiger partial charge in [-0.1, -0.05) is 6.07 Å². The summed E-state index contributed by atoms with van der Waals surface area (Å²) in [6.07, 6.45) is 0. The standard InChI is InChI=1S/C14H17F2N3O2/c1-17-12(20)9-18-5-7-19(8-6-18)14(21)13-10(15)3-2-4-11(13)16/h2-4H,5-9H2,1H3,(H,17,20). The van der Waals surface area contributed by atoms with Gasteiger partial charge in [-0.05, 0) is 12.1 Å². The van der Waals surface area contributed by atoms with Gasteiger partial charge >= 0.3 is 0 Å². The Balaban J connectivity index is 1.99. The van der Waals surface area contributed by atoms with Crippen molar-refractivity contribution in [1.82, 2.24) is 15.1 Å². The van der Waals surface area contributed by atoms with Gasteiger partial charge in [0.05, 0.1) is 6.54 Å². The van der Waals surface area contributed by atoms with Gasteiger partial charge in [0.2, 0.25) is 5.91 Å². The molecule has 0 atom stereocenters. The van der Waals surface area contributed by atoms with Crippen LogP contribution in [-0.2, 0) is 4.79 Å². The van der Waals surface area contributed by atoms with Crippen LogP contribution in [0.4, 0.5) is 8.78 Å². The Kier molecular flexibility index (Phi) is 4.85. The van der Waals surface area contributed by atoms with Gasteiger partial charge in [0.15, 0.2) is 0 Å². The number of likely N-dealkylation sites (N-methyl/N-ethyl adjacent to an activating group) is 1. The third-order valence-corrected chi connectivity index (χ3v) is 3.48. The van der Waals surface area contributed by atoms with E-state index < -0.39 is 23.1 Å². The predicted molar refractivity (Wildman–Crippen MR) is 72.8 cm³/mol. The minimum absolute atomic E-state index is 0.102.